The van der Waals surface area contributed by atoms with Gasteiger partial charge < -0.3 is 0 Å². The van der Waals surface area contributed by atoms with E-state index in [2.05, 4.69) is 10.1 Å². The first-order valence-corrected chi connectivity index (χ1v) is 6.25. The molecule has 0 saturated carbocycles. The average molecular weight is 284 g/mol. The van der Waals surface area contributed by atoms with Crippen molar-refractivity contribution in [3.8, 4) is 6.07 Å². The zero-order chi connectivity index (χ0) is 15.0. The molecule has 0 aliphatic rings. The van der Waals surface area contributed by atoms with E-state index in [1.165, 1.54) is 16.8 Å². The number of hydrogen-bond donors (Lipinski definition) is 0. The highest BCUT2D eigenvalue weighted by atomic mass is 19.1. The summed E-state index contributed by atoms with van der Waals surface area (Å²) in [5, 5.41) is 13.4. The fourth-order valence-electron chi connectivity index (χ4n) is 2.17. The van der Waals surface area contributed by atoms with E-state index in [-0.39, 0.29) is 18.1 Å². The maximum absolute atomic E-state index is 13.9. The van der Waals surface area contributed by atoms with Crippen LogP contribution in [-0.2, 0) is 6.54 Å². The Kier molecular flexibility index (Phi) is 3.10. The van der Waals surface area contributed by atoms with Crippen LogP contribution in [0.25, 0.3) is 11.0 Å². The van der Waals surface area contributed by atoms with Gasteiger partial charge >= 0.3 is 0 Å². The fourth-order valence-corrected chi connectivity index (χ4v) is 2.17. The second kappa shape index (κ2) is 4.94. The number of rotatable bonds is 2. The Hall–Kier alpha value is -2.81. The van der Waals surface area contributed by atoms with Crippen molar-refractivity contribution in [1.82, 2.24) is 14.8 Å². The molecule has 104 valence electrons. The first kappa shape index (κ1) is 13.2. The largest absolute Gasteiger partial charge is 0.241 e. The molecule has 0 amide bonds. The standard InChI is InChI=1S/C15H10F2N4/c1-9-2-3-10(13(17)4-9)8-21-15-12(14(6-18)20-21)5-11(16)7-19-15/h2-5,7H,8H2,1H3. The number of nitriles is 1. The molecule has 21 heavy (non-hydrogen) atoms. The number of pyridine rings is 1. The lowest BCUT2D eigenvalue weighted by Crippen LogP contribution is -2.05. The van der Waals surface area contributed by atoms with Crippen LogP contribution >= 0.6 is 0 Å². The van der Waals surface area contributed by atoms with Crippen LogP contribution in [0.3, 0.4) is 0 Å². The van der Waals surface area contributed by atoms with Crippen molar-refractivity contribution in [3.05, 3.63) is 58.9 Å². The Morgan fingerprint density at radius 2 is 2.10 bits per heavy atom. The molecule has 1 aromatic carbocycles. The van der Waals surface area contributed by atoms with Crippen molar-refractivity contribution in [1.29, 1.82) is 5.26 Å². The summed E-state index contributed by atoms with van der Waals surface area (Å²) in [4.78, 5) is 3.94. The van der Waals surface area contributed by atoms with Crippen LogP contribution in [0, 0.1) is 29.9 Å². The maximum atomic E-state index is 13.9. The number of hydrogen-bond acceptors (Lipinski definition) is 3. The van der Waals surface area contributed by atoms with Gasteiger partial charge in [-0.25, -0.2) is 18.4 Å². The molecule has 0 bridgehead atoms. The summed E-state index contributed by atoms with van der Waals surface area (Å²) in [6.07, 6.45) is 1.05. The van der Waals surface area contributed by atoms with Gasteiger partial charge in [0.05, 0.1) is 18.1 Å². The zero-order valence-electron chi connectivity index (χ0n) is 11.1. The Balaban J connectivity index is 2.11. The van der Waals surface area contributed by atoms with Crippen molar-refractivity contribution < 1.29 is 8.78 Å². The monoisotopic (exact) mass is 284 g/mol. The van der Waals surface area contributed by atoms with E-state index < -0.39 is 5.82 Å². The molecule has 0 unspecified atom stereocenters. The van der Waals surface area contributed by atoms with E-state index in [0.717, 1.165) is 11.8 Å². The Bertz CT molecular complexity index is 877. The minimum atomic E-state index is -0.542. The second-order valence-electron chi connectivity index (χ2n) is 4.74. The van der Waals surface area contributed by atoms with E-state index >= 15 is 0 Å². The second-order valence-corrected chi connectivity index (χ2v) is 4.74. The molecular formula is C15H10F2N4. The molecule has 2 heterocycles. The van der Waals surface area contributed by atoms with Crippen molar-refractivity contribution in [3.63, 3.8) is 0 Å². The summed E-state index contributed by atoms with van der Waals surface area (Å²) in [6.45, 7) is 1.93. The smallest absolute Gasteiger partial charge is 0.172 e. The van der Waals surface area contributed by atoms with Crippen LogP contribution in [0.2, 0.25) is 0 Å². The summed E-state index contributed by atoms with van der Waals surface area (Å²) in [5.41, 5.74) is 1.68. The topological polar surface area (TPSA) is 54.5 Å². The van der Waals surface area contributed by atoms with Crippen molar-refractivity contribution in [2.75, 3.05) is 0 Å². The van der Waals surface area contributed by atoms with Crippen molar-refractivity contribution in [2.45, 2.75) is 13.5 Å². The average Bonchev–Trinajstić information content (AvgIpc) is 2.79. The fraction of sp³-hybridized carbons (Fsp3) is 0.133. The van der Waals surface area contributed by atoms with E-state index in [4.69, 9.17) is 5.26 Å². The van der Waals surface area contributed by atoms with Crippen LogP contribution in [-0.4, -0.2) is 14.8 Å². The number of nitrogens with zero attached hydrogens (tertiary/aromatic N) is 4. The number of aromatic nitrogens is 3. The van der Waals surface area contributed by atoms with E-state index in [0.29, 0.717) is 16.6 Å². The molecule has 0 atom stereocenters. The van der Waals surface area contributed by atoms with Crippen molar-refractivity contribution >= 4 is 11.0 Å². The number of benzene rings is 1. The minimum Gasteiger partial charge on any atom is -0.241 e. The molecule has 0 aliphatic heterocycles. The van der Waals surface area contributed by atoms with Gasteiger partial charge in [0, 0.05) is 5.56 Å². The lowest BCUT2D eigenvalue weighted by molar-refractivity contribution is 0.587. The van der Waals surface area contributed by atoms with Gasteiger partial charge in [-0.1, -0.05) is 12.1 Å². The Labute approximate surface area is 119 Å². The summed E-state index contributed by atoms with van der Waals surface area (Å²) in [7, 11) is 0. The van der Waals surface area contributed by atoms with Crippen LogP contribution < -0.4 is 0 Å². The van der Waals surface area contributed by atoms with Gasteiger partial charge in [-0.3, -0.25) is 0 Å². The summed E-state index contributed by atoms with van der Waals surface area (Å²) in [6, 6.07) is 7.98. The van der Waals surface area contributed by atoms with Crippen LogP contribution in [0.1, 0.15) is 16.8 Å². The van der Waals surface area contributed by atoms with E-state index in [1.807, 2.05) is 6.07 Å². The first-order valence-electron chi connectivity index (χ1n) is 6.25. The first-order chi connectivity index (χ1) is 10.1. The lowest BCUT2D eigenvalue weighted by atomic mass is 10.1. The molecule has 4 nitrogen and oxygen atoms in total. The van der Waals surface area contributed by atoms with Gasteiger partial charge in [0.25, 0.3) is 0 Å². The molecular weight excluding hydrogens is 274 g/mol. The highest BCUT2D eigenvalue weighted by Gasteiger charge is 2.14. The molecule has 0 aliphatic carbocycles. The third kappa shape index (κ3) is 2.34. The SMILES string of the molecule is Cc1ccc(Cn2nc(C#N)c3cc(F)cnc32)c(F)c1. The van der Waals surface area contributed by atoms with Gasteiger partial charge in [-0.2, -0.15) is 10.4 Å². The van der Waals surface area contributed by atoms with Crippen LogP contribution in [0.4, 0.5) is 8.78 Å². The van der Waals surface area contributed by atoms with Gasteiger partial charge in [0.2, 0.25) is 0 Å². The highest BCUT2D eigenvalue weighted by Crippen LogP contribution is 2.19. The molecule has 0 N–H and O–H groups in total. The van der Waals surface area contributed by atoms with E-state index in [9.17, 15) is 8.78 Å². The molecule has 6 heteroatoms. The summed E-state index contributed by atoms with van der Waals surface area (Å²) < 4.78 is 28.5. The number of fused-ring (bicyclic) bond motifs is 1. The van der Waals surface area contributed by atoms with Gasteiger partial charge in [-0.05, 0) is 24.6 Å². The molecule has 0 spiro atoms. The Morgan fingerprint density at radius 3 is 2.81 bits per heavy atom. The molecule has 3 rings (SSSR count). The highest BCUT2D eigenvalue weighted by molar-refractivity contribution is 5.80. The lowest BCUT2D eigenvalue weighted by Gasteiger charge is -2.05. The van der Waals surface area contributed by atoms with Crippen LogP contribution in [0.15, 0.2) is 30.5 Å². The molecule has 0 radical (unpaired) electrons. The normalized spacial score (nSPS) is 10.8. The number of halogens is 2. The molecule has 3 aromatic rings. The molecule has 2 aromatic heterocycles. The predicted octanol–water partition coefficient (Wildman–Crippen LogP) is 2.94. The zero-order valence-corrected chi connectivity index (χ0v) is 11.1. The molecule has 0 fully saturated rings. The third-order valence-corrected chi connectivity index (χ3v) is 3.19. The minimum absolute atomic E-state index is 0.0736. The summed E-state index contributed by atoms with van der Waals surface area (Å²) >= 11 is 0. The predicted molar refractivity (Wildman–Crippen MR) is 72.4 cm³/mol. The van der Waals surface area contributed by atoms with E-state index in [1.54, 1.807) is 19.1 Å². The maximum Gasteiger partial charge on any atom is 0.172 e. The Morgan fingerprint density at radius 1 is 1.29 bits per heavy atom. The van der Waals surface area contributed by atoms with Crippen molar-refractivity contribution in [2.24, 2.45) is 0 Å². The van der Waals surface area contributed by atoms with Gasteiger partial charge in [-0.15, -0.1) is 0 Å². The number of aryl methyl sites for hydroxylation is 1. The summed E-state index contributed by atoms with van der Waals surface area (Å²) in [5.74, 6) is -0.890. The van der Waals surface area contributed by atoms with Gasteiger partial charge in [0.15, 0.2) is 11.3 Å². The van der Waals surface area contributed by atoms with Gasteiger partial charge in [0.1, 0.15) is 17.7 Å². The molecule has 0 saturated heterocycles. The quantitative estimate of drug-likeness (QED) is 0.727. The van der Waals surface area contributed by atoms with Crippen LogP contribution in [0.5, 0.6) is 0 Å². The third-order valence-electron chi connectivity index (χ3n) is 3.19.